The average molecular weight is 234 g/mol. The van der Waals surface area contributed by atoms with E-state index in [2.05, 4.69) is 13.8 Å². The van der Waals surface area contributed by atoms with Gasteiger partial charge in [0.2, 0.25) is 0 Å². The number of ketones is 1. The van der Waals surface area contributed by atoms with Crippen molar-refractivity contribution >= 4 is 5.78 Å². The number of aromatic hydroxyl groups is 1. The predicted molar refractivity (Wildman–Crippen MR) is 70.2 cm³/mol. The second-order valence-electron chi connectivity index (χ2n) is 4.99. The highest BCUT2D eigenvalue weighted by Crippen LogP contribution is 2.28. The van der Waals surface area contributed by atoms with Crippen molar-refractivity contribution in [3.05, 3.63) is 29.8 Å². The number of carbonyl (C=O) groups excluding carboxylic acids is 1. The zero-order valence-corrected chi connectivity index (χ0v) is 10.9. The molecular weight excluding hydrogens is 212 g/mol. The first-order valence-corrected chi connectivity index (χ1v) is 6.36. The summed E-state index contributed by atoms with van der Waals surface area (Å²) in [4.78, 5) is 12.1. The molecule has 0 aromatic heterocycles. The minimum atomic E-state index is -0.0675. The van der Waals surface area contributed by atoms with Crippen LogP contribution in [0.25, 0.3) is 0 Å². The van der Waals surface area contributed by atoms with E-state index in [0.717, 1.165) is 18.4 Å². The molecule has 1 rings (SSSR count). The summed E-state index contributed by atoms with van der Waals surface area (Å²) in [6.07, 6.45) is 2.35. The molecule has 0 aliphatic carbocycles. The van der Waals surface area contributed by atoms with Crippen LogP contribution >= 0.6 is 0 Å². The molecule has 0 saturated carbocycles. The molecule has 1 aromatic rings. The van der Waals surface area contributed by atoms with Crippen molar-refractivity contribution in [2.45, 2.75) is 46.0 Å². The Balaban J connectivity index is 2.93. The Morgan fingerprint density at radius 1 is 1.35 bits per heavy atom. The molecule has 0 bridgehead atoms. The van der Waals surface area contributed by atoms with E-state index in [1.54, 1.807) is 18.2 Å². The molecule has 94 valence electrons. The van der Waals surface area contributed by atoms with Crippen molar-refractivity contribution in [3.63, 3.8) is 0 Å². The highest BCUT2D eigenvalue weighted by molar-refractivity contribution is 5.85. The van der Waals surface area contributed by atoms with Gasteiger partial charge < -0.3 is 5.11 Å². The van der Waals surface area contributed by atoms with Gasteiger partial charge in [-0.05, 0) is 36.5 Å². The molecule has 0 radical (unpaired) electrons. The topological polar surface area (TPSA) is 37.3 Å². The van der Waals surface area contributed by atoms with Gasteiger partial charge in [0.05, 0.1) is 0 Å². The Morgan fingerprint density at radius 3 is 2.59 bits per heavy atom. The standard InChI is InChI=1S/C15H22O2/c1-4-6-15(17)14(9-11(2)3)12-7-5-8-13(16)10-12/h5,7-8,10-11,14,16H,4,6,9H2,1-3H3. The summed E-state index contributed by atoms with van der Waals surface area (Å²) in [5.41, 5.74) is 0.942. The number of Topliss-reactive ketones (excluding diaryl/α,β-unsaturated/α-hetero) is 1. The molecule has 1 N–H and O–H groups in total. The Hall–Kier alpha value is -1.31. The van der Waals surface area contributed by atoms with Gasteiger partial charge in [-0.15, -0.1) is 0 Å². The molecule has 0 saturated heterocycles. The van der Waals surface area contributed by atoms with E-state index >= 15 is 0 Å². The lowest BCUT2D eigenvalue weighted by Gasteiger charge is -2.18. The molecule has 1 aromatic carbocycles. The van der Waals surface area contributed by atoms with Gasteiger partial charge in [-0.1, -0.05) is 32.9 Å². The third-order valence-electron chi connectivity index (χ3n) is 2.86. The monoisotopic (exact) mass is 234 g/mol. The number of phenolic OH excluding ortho intramolecular Hbond substituents is 1. The molecule has 1 atom stereocenters. The van der Waals surface area contributed by atoms with Gasteiger partial charge in [-0.2, -0.15) is 0 Å². The summed E-state index contributed by atoms with van der Waals surface area (Å²) in [5.74, 6) is 0.928. The molecule has 0 aliphatic rings. The molecule has 17 heavy (non-hydrogen) atoms. The van der Waals surface area contributed by atoms with Gasteiger partial charge in [-0.3, -0.25) is 4.79 Å². The molecule has 2 heteroatoms. The van der Waals surface area contributed by atoms with E-state index in [0.29, 0.717) is 12.3 Å². The molecule has 2 nitrogen and oxygen atoms in total. The molecule has 0 spiro atoms. The van der Waals surface area contributed by atoms with Gasteiger partial charge >= 0.3 is 0 Å². The Kier molecular flexibility index (Phi) is 5.20. The number of rotatable bonds is 6. The van der Waals surface area contributed by atoms with Crippen LogP contribution in [-0.4, -0.2) is 10.9 Å². The van der Waals surface area contributed by atoms with Crippen LogP contribution < -0.4 is 0 Å². The van der Waals surface area contributed by atoms with Crippen LogP contribution in [0.1, 0.15) is 51.5 Å². The number of hydrogen-bond donors (Lipinski definition) is 1. The fraction of sp³-hybridized carbons (Fsp3) is 0.533. The molecular formula is C15H22O2. The van der Waals surface area contributed by atoms with Gasteiger partial charge in [-0.25, -0.2) is 0 Å². The van der Waals surface area contributed by atoms with Crippen molar-refractivity contribution in [1.29, 1.82) is 0 Å². The van der Waals surface area contributed by atoms with Crippen molar-refractivity contribution < 1.29 is 9.90 Å². The minimum Gasteiger partial charge on any atom is -0.508 e. The number of phenols is 1. The summed E-state index contributed by atoms with van der Waals surface area (Å²) in [7, 11) is 0. The smallest absolute Gasteiger partial charge is 0.140 e. The zero-order valence-electron chi connectivity index (χ0n) is 10.9. The first-order chi connectivity index (χ1) is 8.04. The van der Waals surface area contributed by atoms with E-state index in [-0.39, 0.29) is 17.5 Å². The van der Waals surface area contributed by atoms with E-state index in [9.17, 15) is 9.90 Å². The summed E-state index contributed by atoms with van der Waals surface area (Å²) in [6.45, 7) is 6.26. The minimum absolute atomic E-state index is 0.0675. The molecule has 0 amide bonds. The Bertz CT molecular complexity index is 369. The zero-order chi connectivity index (χ0) is 12.8. The van der Waals surface area contributed by atoms with Crippen LogP contribution in [0.5, 0.6) is 5.75 Å². The Labute approximate surface area is 104 Å². The van der Waals surface area contributed by atoms with Gasteiger partial charge in [0, 0.05) is 12.3 Å². The first-order valence-electron chi connectivity index (χ1n) is 6.36. The van der Waals surface area contributed by atoms with Crippen molar-refractivity contribution in [1.82, 2.24) is 0 Å². The molecule has 0 fully saturated rings. The van der Waals surface area contributed by atoms with Crippen LogP contribution in [0.15, 0.2) is 24.3 Å². The maximum absolute atomic E-state index is 12.1. The quantitative estimate of drug-likeness (QED) is 0.810. The highest BCUT2D eigenvalue weighted by atomic mass is 16.3. The SMILES string of the molecule is CCCC(=O)C(CC(C)C)c1cccc(O)c1. The van der Waals surface area contributed by atoms with Crippen LogP contribution in [0.4, 0.5) is 0 Å². The molecule has 0 heterocycles. The lowest BCUT2D eigenvalue weighted by molar-refractivity contribution is -0.120. The van der Waals surface area contributed by atoms with Gasteiger partial charge in [0.1, 0.15) is 11.5 Å². The highest BCUT2D eigenvalue weighted by Gasteiger charge is 2.21. The van der Waals surface area contributed by atoms with E-state index in [1.165, 1.54) is 0 Å². The third kappa shape index (κ3) is 4.22. The predicted octanol–water partition coefficient (Wildman–Crippen LogP) is 3.89. The van der Waals surface area contributed by atoms with Crippen molar-refractivity contribution in [3.8, 4) is 5.75 Å². The number of carbonyl (C=O) groups is 1. The van der Waals surface area contributed by atoms with E-state index in [4.69, 9.17) is 0 Å². The van der Waals surface area contributed by atoms with Crippen molar-refractivity contribution in [2.24, 2.45) is 5.92 Å². The second-order valence-corrected chi connectivity index (χ2v) is 4.99. The normalized spacial score (nSPS) is 12.7. The number of benzene rings is 1. The maximum Gasteiger partial charge on any atom is 0.140 e. The fourth-order valence-electron chi connectivity index (χ4n) is 2.09. The summed E-state index contributed by atoms with van der Waals surface area (Å²) in [5, 5.41) is 9.50. The largest absolute Gasteiger partial charge is 0.508 e. The first kappa shape index (κ1) is 13.8. The summed E-state index contributed by atoms with van der Waals surface area (Å²) >= 11 is 0. The third-order valence-corrected chi connectivity index (χ3v) is 2.86. The van der Waals surface area contributed by atoms with Crippen LogP contribution in [0, 0.1) is 5.92 Å². The van der Waals surface area contributed by atoms with Crippen molar-refractivity contribution in [2.75, 3.05) is 0 Å². The summed E-state index contributed by atoms with van der Waals surface area (Å²) < 4.78 is 0. The molecule has 0 aliphatic heterocycles. The van der Waals surface area contributed by atoms with E-state index < -0.39 is 0 Å². The fourth-order valence-corrected chi connectivity index (χ4v) is 2.09. The second kappa shape index (κ2) is 6.43. The number of hydrogen-bond acceptors (Lipinski definition) is 2. The summed E-state index contributed by atoms with van der Waals surface area (Å²) in [6, 6.07) is 7.08. The van der Waals surface area contributed by atoms with E-state index in [1.807, 2.05) is 13.0 Å². The lowest BCUT2D eigenvalue weighted by atomic mass is 9.85. The Morgan fingerprint density at radius 2 is 2.06 bits per heavy atom. The molecule has 1 unspecified atom stereocenters. The van der Waals surface area contributed by atoms with Crippen LogP contribution in [0.2, 0.25) is 0 Å². The van der Waals surface area contributed by atoms with Gasteiger partial charge in [0.25, 0.3) is 0 Å². The van der Waals surface area contributed by atoms with Crippen LogP contribution in [-0.2, 0) is 4.79 Å². The maximum atomic E-state index is 12.1. The average Bonchev–Trinajstić information content (AvgIpc) is 2.26. The van der Waals surface area contributed by atoms with Crippen LogP contribution in [0.3, 0.4) is 0 Å². The lowest BCUT2D eigenvalue weighted by Crippen LogP contribution is -2.14. The van der Waals surface area contributed by atoms with Gasteiger partial charge in [0.15, 0.2) is 0 Å².